The second-order valence-corrected chi connectivity index (χ2v) is 16.5. The summed E-state index contributed by atoms with van der Waals surface area (Å²) in [5, 5.41) is 18.3. The third-order valence-electron chi connectivity index (χ3n) is 9.88. The van der Waals surface area contributed by atoms with E-state index in [0.29, 0.717) is 25.0 Å². The fourth-order valence-corrected chi connectivity index (χ4v) is 6.88. The van der Waals surface area contributed by atoms with Crippen LogP contribution in [0.25, 0.3) is 0 Å². The average molecular weight is 777 g/mol. The van der Waals surface area contributed by atoms with E-state index in [1.807, 2.05) is 0 Å². The molecular formula is C41H77O11P. The molecule has 0 aromatic rings. The summed E-state index contributed by atoms with van der Waals surface area (Å²) >= 11 is 0. The van der Waals surface area contributed by atoms with E-state index in [9.17, 15) is 24.2 Å². The van der Waals surface area contributed by atoms with Crippen molar-refractivity contribution in [2.24, 2.45) is 5.92 Å². The number of aliphatic hydroxyl groups excluding tert-OH is 2. The maximum Gasteiger partial charge on any atom is 0.472 e. The number of allylic oxidation sites excluding steroid dienone is 1. The predicted molar refractivity (Wildman–Crippen MR) is 209 cm³/mol. The van der Waals surface area contributed by atoms with Gasteiger partial charge in [0.25, 0.3) is 0 Å². The van der Waals surface area contributed by atoms with Gasteiger partial charge in [-0.15, -0.1) is 0 Å². The minimum Gasteiger partial charge on any atom is -0.462 e. The summed E-state index contributed by atoms with van der Waals surface area (Å²) in [6.45, 7) is 4.67. The van der Waals surface area contributed by atoms with Crippen molar-refractivity contribution in [3.63, 3.8) is 0 Å². The van der Waals surface area contributed by atoms with Gasteiger partial charge >= 0.3 is 19.8 Å². The van der Waals surface area contributed by atoms with Crippen molar-refractivity contribution in [3.05, 3.63) is 12.2 Å². The van der Waals surface area contributed by atoms with Crippen molar-refractivity contribution < 1.29 is 52.5 Å². The molecule has 1 rings (SSSR count). The molecular weight excluding hydrogens is 699 g/mol. The first-order valence-corrected chi connectivity index (χ1v) is 22.7. The zero-order valence-electron chi connectivity index (χ0n) is 33.6. The fraction of sp³-hybridized carbons (Fsp3) is 0.902. The monoisotopic (exact) mass is 777 g/mol. The highest BCUT2D eigenvalue weighted by atomic mass is 31.2. The summed E-state index contributed by atoms with van der Waals surface area (Å²) in [4.78, 5) is 35.0. The lowest BCUT2D eigenvalue weighted by atomic mass is 9.99. The van der Waals surface area contributed by atoms with Crippen LogP contribution in [0, 0.1) is 5.92 Å². The van der Waals surface area contributed by atoms with Crippen molar-refractivity contribution in [1.82, 2.24) is 0 Å². The van der Waals surface area contributed by atoms with Gasteiger partial charge in [-0.25, -0.2) is 4.57 Å². The number of epoxide rings is 1. The molecule has 312 valence electrons. The number of rotatable bonds is 38. The zero-order valence-corrected chi connectivity index (χ0v) is 34.5. The molecule has 0 spiro atoms. The van der Waals surface area contributed by atoms with Crippen molar-refractivity contribution in [2.75, 3.05) is 26.4 Å². The number of ether oxygens (including phenoxy) is 3. The third kappa shape index (κ3) is 30.6. The van der Waals surface area contributed by atoms with Gasteiger partial charge in [-0.3, -0.25) is 18.6 Å². The van der Waals surface area contributed by atoms with E-state index < -0.39 is 51.8 Å². The molecule has 1 saturated heterocycles. The van der Waals surface area contributed by atoms with E-state index in [1.54, 1.807) is 0 Å². The quantitative estimate of drug-likeness (QED) is 0.0180. The van der Waals surface area contributed by atoms with Gasteiger partial charge in [-0.2, -0.15) is 0 Å². The number of hydrogen-bond donors (Lipinski definition) is 3. The lowest BCUT2D eigenvalue weighted by Crippen LogP contribution is -2.29. The van der Waals surface area contributed by atoms with Crippen LogP contribution < -0.4 is 0 Å². The van der Waals surface area contributed by atoms with Crippen LogP contribution in [0.2, 0.25) is 0 Å². The Morgan fingerprint density at radius 1 is 0.736 bits per heavy atom. The molecule has 0 bridgehead atoms. The Kier molecular flexibility index (Phi) is 30.8. The van der Waals surface area contributed by atoms with Crippen molar-refractivity contribution >= 4 is 19.8 Å². The number of phosphoric acid groups is 1. The molecule has 11 nitrogen and oxygen atoms in total. The van der Waals surface area contributed by atoms with Gasteiger partial charge in [-0.05, 0) is 44.4 Å². The molecule has 1 heterocycles. The SMILES string of the molecule is CCCCCC1OC1C/C=C\CCCCCCCC(=O)O[C@H](COC(=O)CCCCCCCCCCCCC(C)CC)COP(=O)(O)OC[C@@H](O)CO. The lowest BCUT2D eigenvalue weighted by Gasteiger charge is -2.20. The van der Waals surface area contributed by atoms with Crippen LogP contribution in [0.3, 0.4) is 0 Å². The van der Waals surface area contributed by atoms with Gasteiger partial charge in [0.2, 0.25) is 0 Å². The Labute approximate surface area is 321 Å². The molecule has 3 N–H and O–H groups in total. The molecule has 53 heavy (non-hydrogen) atoms. The molecule has 0 saturated carbocycles. The van der Waals surface area contributed by atoms with Crippen LogP contribution >= 0.6 is 7.82 Å². The highest BCUT2D eigenvalue weighted by Crippen LogP contribution is 2.43. The average Bonchev–Trinajstić information content (AvgIpc) is 3.90. The molecule has 12 heteroatoms. The molecule has 0 aliphatic carbocycles. The predicted octanol–water partition coefficient (Wildman–Crippen LogP) is 9.68. The molecule has 0 radical (unpaired) electrons. The smallest absolute Gasteiger partial charge is 0.462 e. The van der Waals surface area contributed by atoms with E-state index in [-0.39, 0.29) is 19.4 Å². The normalized spacial score (nSPS) is 18.5. The maximum atomic E-state index is 12.6. The highest BCUT2D eigenvalue weighted by Gasteiger charge is 2.36. The third-order valence-corrected chi connectivity index (χ3v) is 10.8. The summed E-state index contributed by atoms with van der Waals surface area (Å²) < 4.78 is 38.4. The first-order valence-electron chi connectivity index (χ1n) is 21.2. The Hall–Kier alpha value is -1.33. The number of esters is 2. The Bertz CT molecular complexity index is 978. The molecule has 1 aliphatic heterocycles. The minimum atomic E-state index is -4.62. The largest absolute Gasteiger partial charge is 0.472 e. The second-order valence-electron chi connectivity index (χ2n) is 15.0. The van der Waals surface area contributed by atoms with Gasteiger partial charge < -0.3 is 29.3 Å². The molecule has 6 atom stereocenters. The Balaban J connectivity index is 2.26. The summed E-state index contributed by atoms with van der Waals surface area (Å²) in [7, 11) is -4.62. The van der Waals surface area contributed by atoms with E-state index in [4.69, 9.17) is 23.8 Å². The van der Waals surface area contributed by atoms with Crippen molar-refractivity contribution in [1.29, 1.82) is 0 Å². The first-order chi connectivity index (χ1) is 25.6. The lowest BCUT2D eigenvalue weighted by molar-refractivity contribution is -0.161. The van der Waals surface area contributed by atoms with Gasteiger partial charge in [0.1, 0.15) is 12.7 Å². The zero-order chi connectivity index (χ0) is 39.0. The summed E-state index contributed by atoms with van der Waals surface area (Å²) in [6.07, 6.45) is 29.2. The molecule has 0 aromatic carbocycles. The number of phosphoric ester groups is 1. The standard InChI is InChI=1S/C41H77O11P/c1-4-6-21-27-38-39(52-38)28-23-18-14-11-12-16-20-25-30-41(45)51-37(34-50-53(46,47)49-32-36(43)31-42)33-48-40(44)29-24-19-15-10-8-7-9-13-17-22-26-35(3)5-2/h18,23,35-39,42-43H,4-17,19-22,24-34H2,1-3H3,(H,46,47)/b23-18-/t35?,36-,37+,38?,39?/m0/s1. The summed E-state index contributed by atoms with van der Waals surface area (Å²) in [5.41, 5.74) is 0. The summed E-state index contributed by atoms with van der Waals surface area (Å²) in [6, 6.07) is 0. The molecule has 1 aliphatic rings. The highest BCUT2D eigenvalue weighted by molar-refractivity contribution is 7.47. The van der Waals surface area contributed by atoms with Gasteiger partial charge in [0, 0.05) is 12.8 Å². The minimum absolute atomic E-state index is 0.166. The van der Waals surface area contributed by atoms with E-state index in [2.05, 4.69) is 37.4 Å². The first kappa shape index (κ1) is 49.7. The molecule has 0 aromatic heterocycles. The van der Waals surface area contributed by atoms with Crippen LogP contribution in [0.15, 0.2) is 12.2 Å². The number of aliphatic hydroxyl groups is 2. The van der Waals surface area contributed by atoms with E-state index in [0.717, 1.165) is 63.7 Å². The van der Waals surface area contributed by atoms with Crippen LogP contribution in [-0.4, -0.2) is 77.9 Å². The molecule has 1 fully saturated rings. The van der Waals surface area contributed by atoms with Crippen LogP contribution in [0.5, 0.6) is 0 Å². The van der Waals surface area contributed by atoms with Crippen molar-refractivity contribution in [3.8, 4) is 0 Å². The summed E-state index contributed by atoms with van der Waals surface area (Å²) in [5.74, 6) is -0.102. The number of carbonyl (C=O) groups excluding carboxylic acids is 2. The van der Waals surface area contributed by atoms with Crippen LogP contribution in [0.1, 0.15) is 181 Å². The molecule has 4 unspecified atom stereocenters. The van der Waals surface area contributed by atoms with E-state index >= 15 is 0 Å². The Morgan fingerprint density at radius 2 is 1.32 bits per heavy atom. The second kappa shape index (κ2) is 32.9. The fourth-order valence-electron chi connectivity index (χ4n) is 6.09. The van der Waals surface area contributed by atoms with E-state index in [1.165, 1.54) is 77.0 Å². The van der Waals surface area contributed by atoms with Crippen molar-refractivity contribution in [2.45, 2.75) is 206 Å². The Morgan fingerprint density at radius 3 is 1.94 bits per heavy atom. The number of unbranched alkanes of at least 4 members (excludes halogenated alkanes) is 16. The molecule has 0 amide bonds. The van der Waals surface area contributed by atoms with Gasteiger partial charge in [0.15, 0.2) is 6.10 Å². The topological polar surface area (TPSA) is 161 Å². The number of hydrogen-bond acceptors (Lipinski definition) is 10. The van der Waals surface area contributed by atoms with Gasteiger partial charge in [0.05, 0.1) is 32.0 Å². The van der Waals surface area contributed by atoms with Crippen LogP contribution in [-0.2, 0) is 37.4 Å². The maximum absolute atomic E-state index is 12.6. The van der Waals surface area contributed by atoms with Crippen LogP contribution in [0.4, 0.5) is 0 Å². The van der Waals surface area contributed by atoms with Gasteiger partial charge in [-0.1, -0.05) is 142 Å². The number of carbonyl (C=O) groups is 2.